The molecule has 3 rings (SSSR count). The summed E-state index contributed by atoms with van der Waals surface area (Å²) in [4.78, 5) is -1.20. The molecule has 0 aromatic heterocycles. The Labute approximate surface area is 202 Å². The van der Waals surface area contributed by atoms with Crippen molar-refractivity contribution in [1.29, 1.82) is 0 Å². The lowest BCUT2D eigenvalue weighted by molar-refractivity contribution is -0.274. The molecule has 1 saturated carbocycles. The quantitative estimate of drug-likeness (QED) is 0.477. The first-order chi connectivity index (χ1) is 16.2. The molecule has 0 spiro atoms. The summed E-state index contributed by atoms with van der Waals surface area (Å²) in [7, 11) is -8.64. The third kappa shape index (κ3) is 5.94. The van der Waals surface area contributed by atoms with Gasteiger partial charge >= 0.3 is 12.5 Å². The van der Waals surface area contributed by atoms with E-state index in [9.17, 15) is 47.6 Å². The third-order valence-corrected chi connectivity index (χ3v) is 10.1. The van der Waals surface area contributed by atoms with E-state index in [0.29, 0.717) is 12.1 Å². The zero-order chi connectivity index (χ0) is 27.3. The largest absolute Gasteiger partial charge is 0.573 e. The first-order valence-electron chi connectivity index (χ1n) is 10.2. The highest BCUT2D eigenvalue weighted by atomic mass is 32.2. The van der Waals surface area contributed by atoms with Crippen LogP contribution in [-0.2, 0) is 26.0 Å². The number of hydrogen-bond donors (Lipinski definition) is 1. The molecule has 0 atom stereocenters. The summed E-state index contributed by atoms with van der Waals surface area (Å²) < 4.78 is 145. The van der Waals surface area contributed by atoms with Crippen LogP contribution in [0.25, 0.3) is 0 Å². The minimum Gasteiger partial charge on any atom is -0.406 e. The molecule has 15 heteroatoms. The fraction of sp³-hybridized carbons (Fsp3) is 0.429. The van der Waals surface area contributed by atoms with E-state index in [1.54, 1.807) is 0 Å². The van der Waals surface area contributed by atoms with Gasteiger partial charge < -0.3 is 4.74 Å². The molecular formula is C21H20F7NO5S2. The Morgan fingerprint density at radius 2 is 1.42 bits per heavy atom. The number of rotatable bonds is 7. The van der Waals surface area contributed by atoms with Crippen molar-refractivity contribution in [2.75, 3.05) is 0 Å². The lowest BCUT2D eigenvalue weighted by Gasteiger charge is -2.44. The van der Waals surface area contributed by atoms with Gasteiger partial charge in [-0.05, 0) is 75.1 Å². The highest BCUT2D eigenvalue weighted by Gasteiger charge is 2.49. The number of alkyl halides is 6. The first-order valence-corrected chi connectivity index (χ1v) is 13.2. The van der Waals surface area contributed by atoms with Crippen LogP contribution >= 0.6 is 0 Å². The van der Waals surface area contributed by atoms with Crippen molar-refractivity contribution in [2.24, 2.45) is 5.92 Å². The van der Waals surface area contributed by atoms with E-state index in [-0.39, 0.29) is 23.8 Å². The van der Waals surface area contributed by atoms with E-state index >= 15 is 0 Å². The van der Waals surface area contributed by atoms with Crippen LogP contribution in [-0.4, -0.2) is 34.0 Å². The summed E-state index contributed by atoms with van der Waals surface area (Å²) in [6.45, 7) is 2.52. The normalized spacial score (nSPS) is 19.6. The van der Waals surface area contributed by atoms with Gasteiger partial charge in [0.2, 0.25) is 10.0 Å². The molecule has 2 aromatic carbocycles. The van der Waals surface area contributed by atoms with Gasteiger partial charge in [0.05, 0.1) is 20.1 Å². The Morgan fingerprint density at radius 3 is 1.92 bits per heavy atom. The number of nitrogens with one attached hydrogen (secondary N) is 1. The molecule has 1 aliphatic carbocycles. The van der Waals surface area contributed by atoms with E-state index in [4.69, 9.17) is 0 Å². The second-order valence-electron chi connectivity index (χ2n) is 8.79. The van der Waals surface area contributed by atoms with E-state index in [1.807, 2.05) is 0 Å². The molecular weight excluding hydrogens is 543 g/mol. The van der Waals surface area contributed by atoms with Crippen LogP contribution in [0, 0.1) is 11.7 Å². The van der Waals surface area contributed by atoms with Crippen LogP contribution in [0.3, 0.4) is 0 Å². The molecule has 0 bridgehead atoms. The van der Waals surface area contributed by atoms with Crippen molar-refractivity contribution in [2.45, 2.75) is 59.8 Å². The Morgan fingerprint density at radius 1 is 0.861 bits per heavy atom. The molecule has 0 heterocycles. The number of halogens is 7. The smallest absolute Gasteiger partial charge is 0.406 e. The average molecular weight is 564 g/mol. The maximum absolute atomic E-state index is 13.8. The maximum Gasteiger partial charge on any atom is 0.573 e. The predicted octanol–water partition coefficient (Wildman–Crippen LogP) is 5.05. The summed E-state index contributed by atoms with van der Waals surface area (Å²) in [5.74, 6) is -2.68. The molecule has 1 N–H and O–H groups in total. The van der Waals surface area contributed by atoms with Crippen LogP contribution < -0.4 is 9.46 Å². The van der Waals surface area contributed by atoms with Crippen LogP contribution in [0.1, 0.15) is 32.3 Å². The summed E-state index contributed by atoms with van der Waals surface area (Å²) >= 11 is 0. The summed E-state index contributed by atoms with van der Waals surface area (Å²) in [6.07, 6.45) is -9.91. The molecule has 0 radical (unpaired) electrons. The predicted molar refractivity (Wildman–Crippen MR) is 113 cm³/mol. The lowest BCUT2D eigenvalue weighted by Crippen LogP contribution is -2.53. The van der Waals surface area contributed by atoms with Crippen molar-refractivity contribution < 1.29 is 52.3 Å². The van der Waals surface area contributed by atoms with Gasteiger partial charge in [0.15, 0.2) is 9.84 Å². The van der Waals surface area contributed by atoms with E-state index in [1.165, 1.54) is 13.8 Å². The lowest BCUT2D eigenvalue weighted by atomic mass is 9.73. The molecule has 6 nitrogen and oxygen atoms in total. The Balaban J connectivity index is 1.71. The van der Waals surface area contributed by atoms with E-state index in [2.05, 4.69) is 9.46 Å². The van der Waals surface area contributed by atoms with Crippen molar-refractivity contribution in [3.8, 4) is 5.75 Å². The number of hydrogen-bond acceptors (Lipinski definition) is 5. The number of ether oxygens (including phenoxy) is 1. The Bertz CT molecular complexity index is 1330. The number of sulfone groups is 1. The van der Waals surface area contributed by atoms with Crippen LogP contribution in [0.5, 0.6) is 5.75 Å². The SMILES string of the molecule is CC(C)([C@H]1C[C@H](NS(=O)(=O)c2ccc(OC(F)(F)F)cc2)C1)S(=O)(=O)c1cc(F)cc(C(F)(F)F)c1. The van der Waals surface area contributed by atoms with Gasteiger partial charge in [-0.3, -0.25) is 0 Å². The third-order valence-electron chi connectivity index (χ3n) is 6.01. The van der Waals surface area contributed by atoms with Gasteiger partial charge in [-0.2, -0.15) is 13.2 Å². The van der Waals surface area contributed by atoms with Crippen LogP contribution in [0.15, 0.2) is 52.3 Å². The van der Waals surface area contributed by atoms with Crippen molar-refractivity contribution >= 4 is 19.9 Å². The first kappa shape index (κ1) is 28.2. The fourth-order valence-corrected chi connectivity index (χ4v) is 6.84. The van der Waals surface area contributed by atoms with E-state index in [0.717, 1.165) is 24.3 Å². The molecule has 36 heavy (non-hydrogen) atoms. The maximum atomic E-state index is 13.8. The van der Waals surface area contributed by atoms with E-state index < -0.39 is 71.1 Å². The zero-order valence-electron chi connectivity index (χ0n) is 18.6. The second-order valence-corrected chi connectivity index (χ2v) is 13.0. The summed E-state index contributed by atoms with van der Waals surface area (Å²) in [5, 5.41) is 0. The van der Waals surface area contributed by atoms with Gasteiger partial charge in [-0.1, -0.05) is 0 Å². The zero-order valence-corrected chi connectivity index (χ0v) is 20.2. The highest BCUT2D eigenvalue weighted by Crippen LogP contribution is 2.44. The molecule has 0 aliphatic heterocycles. The van der Waals surface area contributed by atoms with Gasteiger partial charge in [-0.15, -0.1) is 13.2 Å². The van der Waals surface area contributed by atoms with Crippen molar-refractivity contribution in [3.63, 3.8) is 0 Å². The van der Waals surface area contributed by atoms with Gasteiger partial charge in [0.25, 0.3) is 0 Å². The second kappa shape index (κ2) is 9.17. The average Bonchev–Trinajstić information content (AvgIpc) is 2.68. The molecule has 1 aliphatic rings. The fourth-order valence-electron chi connectivity index (χ4n) is 3.79. The standard InChI is InChI=1S/C21H20F7NO5S2/c1-19(2,35(30,31)18-10-13(20(23,24)25)7-14(22)11-18)12-8-15(9-12)29-36(32,33)17-5-3-16(4-6-17)34-21(26,27)28/h3-7,10-12,15,29H,8-9H2,1-2H3/t12-,15-. The highest BCUT2D eigenvalue weighted by molar-refractivity contribution is 7.92. The van der Waals surface area contributed by atoms with Gasteiger partial charge in [0, 0.05) is 6.04 Å². The molecule has 0 unspecified atom stereocenters. The molecule has 200 valence electrons. The molecule has 1 fully saturated rings. The van der Waals surface area contributed by atoms with Crippen LogP contribution in [0.2, 0.25) is 0 Å². The molecule has 2 aromatic rings. The minimum absolute atomic E-state index is 0.00215. The number of sulfonamides is 1. The Hall–Kier alpha value is -2.39. The van der Waals surface area contributed by atoms with Crippen LogP contribution in [0.4, 0.5) is 30.7 Å². The molecule has 0 amide bonds. The number of benzene rings is 2. The van der Waals surface area contributed by atoms with Crippen molar-refractivity contribution in [1.82, 2.24) is 4.72 Å². The summed E-state index contributed by atoms with van der Waals surface area (Å²) in [6, 6.07) is 3.72. The topological polar surface area (TPSA) is 89.5 Å². The van der Waals surface area contributed by atoms with Gasteiger partial charge in [0.1, 0.15) is 11.6 Å². The Kier molecular flexibility index (Phi) is 7.18. The minimum atomic E-state index is -4.96. The van der Waals surface area contributed by atoms with Gasteiger partial charge in [-0.25, -0.2) is 25.9 Å². The molecule has 0 saturated heterocycles. The monoisotopic (exact) mass is 563 g/mol. The van der Waals surface area contributed by atoms with Crippen molar-refractivity contribution in [3.05, 3.63) is 53.8 Å². The summed E-state index contributed by atoms with van der Waals surface area (Å²) in [5.41, 5.74) is -1.46.